The second-order valence-electron chi connectivity index (χ2n) is 7.43. The van der Waals surface area contributed by atoms with Crippen LogP contribution in [0, 0.1) is 20.8 Å². The molecule has 0 radical (unpaired) electrons. The monoisotopic (exact) mass is 376 g/mol. The molecule has 1 amide bonds. The number of hydrogen-bond acceptors (Lipinski definition) is 3. The third kappa shape index (κ3) is 5.08. The van der Waals surface area contributed by atoms with Gasteiger partial charge in [0.15, 0.2) is 0 Å². The number of hydrogen-bond donors (Lipinski definition) is 2. The van der Waals surface area contributed by atoms with Crippen LogP contribution in [-0.4, -0.2) is 21.5 Å². The summed E-state index contributed by atoms with van der Waals surface area (Å²) in [6.07, 6.45) is 4.15. The fourth-order valence-corrected chi connectivity index (χ4v) is 3.51. The highest BCUT2D eigenvalue weighted by molar-refractivity contribution is 5.81. The molecule has 3 N–H and O–H groups in total. The standard InChI is InChI=1S/C23H28N4O/c1-16-9-17(2)21(18(3)10-16)12-25-23(28)22(24)11-20-14-27(15-26-20)13-19-7-5-4-6-8-19/h4-10,14-15,22H,11-13,24H2,1-3H3,(H,25,28)/t22-/m0/s1. The first-order valence-electron chi connectivity index (χ1n) is 9.57. The van der Waals surface area contributed by atoms with Crippen LogP contribution in [0.1, 0.15) is 33.5 Å². The van der Waals surface area contributed by atoms with Gasteiger partial charge >= 0.3 is 0 Å². The van der Waals surface area contributed by atoms with E-state index in [1.54, 1.807) is 6.33 Å². The normalized spacial score (nSPS) is 12.0. The lowest BCUT2D eigenvalue weighted by Crippen LogP contribution is -2.41. The van der Waals surface area contributed by atoms with Gasteiger partial charge in [-0.25, -0.2) is 4.98 Å². The Kier molecular flexibility index (Phi) is 6.26. The zero-order valence-corrected chi connectivity index (χ0v) is 16.8. The van der Waals surface area contributed by atoms with Gasteiger partial charge in [-0.2, -0.15) is 0 Å². The van der Waals surface area contributed by atoms with Crippen molar-refractivity contribution in [2.45, 2.75) is 46.3 Å². The summed E-state index contributed by atoms with van der Waals surface area (Å²) in [7, 11) is 0. The van der Waals surface area contributed by atoms with Crippen LogP contribution >= 0.6 is 0 Å². The van der Waals surface area contributed by atoms with Crippen LogP contribution in [0.4, 0.5) is 0 Å². The molecule has 0 aliphatic rings. The second-order valence-corrected chi connectivity index (χ2v) is 7.43. The van der Waals surface area contributed by atoms with Gasteiger partial charge in [-0.3, -0.25) is 4.79 Å². The molecule has 3 rings (SSSR count). The molecule has 2 aromatic carbocycles. The van der Waals surface area contributed by atoms with E-state index in [-0.39, 0.29) is 5.91 Å². The van der Waals surface area contributed by atoms with Crippen LogP contribution in [-0.2, 0) is 24.3 Å². The van der Waals surface area contributed by atoms with Crippen LogP contribution in [0.5, 0.6) is 0 Å². The van der Waals surface area contributed by atoms with Gasteiger partial charge in [0, 0.05) is 25.7 Å². The Labute approximate surface area is 166 Å². The first-order valence-corrected chi connectivity index (χ1v) is 9.57. The lowest BCUT2D eigenvalue weighted by Gasteiger charge is -2.15. The molecule has 1 heterocycles. The quantitative estimate of drug-likeness (QED) is 0.666. The van der Waals surface area contributed by atoms with Gasteiger partial charge in [-0.15, -0.1) is 0 Å². The zero-order valence-electron chi connectivity index (χ0n) is 16.8. The fraction of sp³-hybridized carbons (Fsp3) is 0.304. The van der Waals surface area contributed by atoms with E-state index in [0.29, 0.717) is 13.0 Å². The van der Waals surface area contributed by atoms with E-state index < -0.39 is 6.04 Å². The zero-order chi connectivity index (χ0) is 20.1. The predicted octanol–water partition coefficient (Wildman–Crippen LogP) is 3.04. The van der Waals surface area contributed by atoms with Crippen molar-refractivity contribution in [3.63, 3.8) is 0 Å². The van der Waals surface area contributed by atoms with Gasteiger partial charge in [0.1, 0.15) is 0 Å². The highest BCUT2D eigenvalue weighted by Gasteiger charge is 2.16. The number of nitrogens with zero attached hydrogens (tertiary/aromatic N) is 2. The Morgan fingerprint density at radius 1 is 1.14 bits per heavy atom. The molecule has 0 saturated carbocycles. The molecule has 0 bridgehead atoms. The third-order valence-electron chi connectivity index (χ3n) is 4.94. The molecule has 1 aromatic heterocycles. The smallest absolute Gasteiger partial charge is 0.237 e. The minimum absolute atomic E-state index is 0.156. The minimum Gasteiger partial charge on any atom is -0.351 e. The lowest BCUT2D eigenvalue weighted by atomic mass is 10.00. The molecule has 146 valence electrons. The van der Waals surface area contributed by atoms with Gasteiger partial charge in [0.2, 0.25) is 5.91 Å². The van der Waals surface area contributed by atoms with Gasteiger partial charge in [-0.1, -0.05) is 48.0 Å². The molecule has 5 heteroatoms. The van der Waals surface area contributed by atoms with Gasteiger partial charge < -0.3 is 15.6 Å². The summed E-state index contributed by atoms with van der Waals surface area (Å²) in [5.41, 5.74) is 12.9. The summed E-state index contributed by atoms with van der Waals surface area (Å²) in [6, 6.07) is 13.8. The largest absolute Gasteiger partial charge is 0.351 e. The third-order valence-corrected chi connectivity index (χ3v) is 4.94. The molecule has 0 saturated heterocycles. The van der Waals surface area contributed by atoms with Crippen molar-refractivity contribution in [1.29, 1.82) is 0 Å². The van der Waals surface area contributed by atoms with Crippen LogP contribution < -0.4 is 11.1 Å². The maximum atomic E-state index is 12.4. The molecule has 0 fully saturated rings. The van der Waals surface area contributed by atoms with E-state index in [0.717, 1.165) is 17.8 Å². The summed E-state index contributed by atoms with van der Waals surface area (Å²) in [5.74, 6) is -0.156. The number of benzene rings is 2. The molecular weight excluding hydrogens is 348 g/mol. The van der Waals surface area contributed by atoms with Crippen molar-refractivity contribution in [2.24, 2.45) is 5.73 Å². The fourth-order valence-electron chi connectivity index (χ4n) is 3.51. The van der Waals surface area contributed by atoms with E-state index in [1.807, 2.05) is 29.0 Å². The number of aromatic nitrogens is 2. The van der Waals surface area contributed by atoms with Crippen LogP contribution in [0.2, 0.25) is 0 Å². The van der Waals surface area contributed by atoms with E-state index in [4.69, 9.17) is 5.73 Å². The number of aryl methyl sites for hydroxylation is 3. The van der Waals surface area contributed by atoms with E-state index >= 15 is 0 Å². The summed E-state index contributed by atoms with van der Waals surface area (Å²) in [5, 5.41) is 2.97. The highest BCUT2D eigenvalue weighted by atomic mass is 16.2. The molecule has 0 aliphatic heterocycles. The summed E-state index contributed by atoms with van der Waals surface area (Å²) >= 11 is 0. The number of carbonyl (C=O) groups is 1. The Bertz CT molecular complexity index is 923. The number of amides is 1. The molecule has 0 spiro atoms. The molecular formula is C23H28N4O. The summed E-state index contributed by atoms with van der Waals surface area (Å²) in [4.78, 5) is 16.8. The van der Waals surface area contributed by atoms with Crippen LogP contribution in [0.25, 0.3) is 0 Å². The van der Waals surface area contributed by atoms with Crippen LogP contribution in [0.3, 0.4) is 0 Å². The second kappa shape index (κ2) is 8.85. The van der Waals surface area contributed by atoms with Gasteiger partial charge in [0.25, 0.3) is 0 Å². The predicted molar refractivity (Wildman–Crippen MR) is 112 cm³/mol. The maximum absolute atomic E-state index is 12.4. The first-order chi connectivity index (χ1) is 13.4. The van der Waals surface area contributed by atoms with Crippen molar-refractivity contribution in [1.82, 2.24) is 14.9 Å². The van der Waals surface area contributed by atoms with E-state index in [2.05, 4.69) is 55.3 Å². The molecule has 5 nitrogen and oxygen atoms in total. The van der Waals surface area contributed by atoms with Crippen molar-refractivity contribution in [3.8, 4) is 0 Å². The maximum Gasteiger partial charge on any atom is 0.237 e. The SMILES string of the molecule is Cc1cc(C)c(CNC(=O)[C@@H](N)Cc2cn(Cc3ccccc3)cn2)c(C)c1. The number of nitrogens with two attached hydrogens (primary N) is 1. The van der Waals surface area contributed by atoms with Gasteiger partial charge in [-0.05, 0) is 43.0 Å². The Morgan fingerprint density at radius 2 is 1.82 bits per heavy atom. The van der Waals surface area contributed by atoms with Crippen LogP contribution in [0.15, 0.2) is 55.0 Å². The first kappa shape index (κ1) is 19.8. The molecule has 0 aliphatic carbocycles. The number of imidazole rings is 1. The molecule has 3 aromatic rings. The summed E-state index contributed by atoms with van der Waals surface area (Å²) < 4.78 is 2.01. The lowest BCUT2D eigenvalue weighted by molar-refractivity contribution is -0.122. The Morgan fingerprint density at radius 3 is 2.50 bits per heavy atom. The van der Waals surface area contributed by atoms with Crippen molar-refractivity contribution in [2.75, 3.05) is 0 Å². The van der Waals surface area contributed by atoms with Crippen molar-refractivity contribution < 1.29 is 4.79 Å². The van der Waals surface area contributed by atoms with Crippen molar-refractivity contribution >= 4 is 5.91 Å². The average molecular weight is 377 g/mol. The molecule has 0 unspecified atom stereocenters. The highest BCUT2D eigenvalue weighted by Crippen LogP contribution is 2.16. The number of rotatable bonds is 7. The molecule has 1 atom stereocenters. The topological polar surface area (TPSA) is 72.9 Å². The van der Waals surface area contributed by atoms with Gasteiger partial charge in [0.05, 0.1) is 18.1 Å². The Balaban J connectivity index is 1.55. The number of nitrogens with one attached hydrogen (secondary N) is 1. The Hall–Kier alpha value is -2.92. The summed E-state index contributed by atoms with van der Waals surface area (Å²) in [6.45, 7) is 7.46. The van der Waals surface area contributed by atoms with E-state index in [9.17, 15) is 4.79 Å². The number of carbonyl (C=O) groups excluding carboxylic acids is 1. The molecule has 28 heavy (non-hydrogen) atoms. The average Bonchev–Trinajstić information content (AvgIpc) is 3.08. The van der Waals surface area contributed by atoms with E-state index in [1.165, 1.54) is 22.3 Å². The van der Waals surface area contributed by atoms with Crippen molar-refractivity contribution in [3.05, 3.63) is 88.5 Å². The minimum atomic E-state index is -0.619.